The van der Waals surface area contributed by atoms with E-state index in [9.17, 15) is 0 Å². The Bertz CT molecular complexity index is 856. The van der Waals surface area contributed by atoms with Crippen molar-refractivity contribution in [2.75, 3.05) is 10.8 Å². The number of anilines is 1. The first kappa shape index (κ1) is 16.0. The minimum atomic E-state index is 0.974. The van der Waals surface area contributed by atoms with Crippen LogP contribution in [0, 0.1) is 0 Å². The van der Waals surface area contributed by atoms with E-state index in [0.717, 1.165) is 5.88 Å². The maximum absolute atomic E-state index is 2.46. The Hall–Kier alpha value is -2.45. The van der Waals surface area contributed by atoms with Gasteiger partial charge in [0.1, 0.15) is 0 Å². The predicted octanol–water partition coefficient (Wildman–Crippen LogP) is 6.78. The van der Waals surface area contributed by atoms with Crippen LogP contribution in [-0.2, 0) is 0 Å². The zero-order valence-electron chi connectivity index (χ0n) is 14.6. The fourth-order valence-electron chi connectivity index (χ4n) is 3.32. The molecular formula is C23H21NS. The summed E-state index contributed by atoms with van der Waals surface area (Å²) < 4.78 is 0. The molecule has 0 fully saturated rings. The minimum absolute atomic E-state index is 0.974. The molecule has 0 N–H and O–H groups in total. The molecule has 1 aliphatic heterocycles. The van der Waals surface area contributed by atoms with Crippen LogP contribution in [-0.4, -0.2) is 5.88 Å². The number of nitrogens with zero attached hydrogens (tertiary/aromatic N) is 1. The molecule has 0 aromatic heterocycles. The first-order valence-corrected chi connectivity index (χ1v) is 9.56. The molecule has 3 aromatic rings. The quantitative estimate of drug-likeness (QED) is 0.515. The van der Waals surface area contributed by atoms with Gasteiger partial charge < -0.3 is 4.90 Å². The maximum Gasteiger partial charge on any atom is 0.0729 e. The smallest absolute Gasteiger partial charge is 0.0729 e. The van der Waals surface area contributed by atoms with Crippen LogP contribution in [0.2, 0.25) is 0 Å². The van der Waals surface area contributed by atoms with Gasteiger partial charge in [0.2, 0.25) is 0 Å². The third-order valence-corrected chi connectivity index (χ3v) is 5.92. The van der Waals surface area contributed by atoms with Crippen LogP contribution in [0.4, 0.5) is 5.69 Å². The molecule has 0 amide bonds. The second kappa shape index (κ2) is 6.81. The summed E-state index contributed by atoms with van der Waals surface area (Å²) in [6.07, 6.45) is 0. The molecule has 1 nitrogen and oxygen atoms in total. The normalized spacial score (nSPS) is 14.2. The minimum Gasteiger partial charge on any atom is -0.334 e. The Balaban J connectivity index is 1.97. The fourth-order valence-corrected chi connectivity index (χ4v) is 4.29. The highest BCUT2D eigenvalue weighted by Crippen LogP contribution is 2.45. The average Bonchev–Trinajstić information content (AvgIpc) is 3.01. The number of allylic oxidation sites excluding steroid dienone is 2. The summed E-state index contributed by atoms with van der Waals surface area (Å²) in [5.74, 6) is 0.974. The van der Waals surface area contributed by atoms with Crippen molar-refractivity contribution < 1.29 is 0 Å². The molecule has 4 rings (SSSR count). The molecule has 1 aliphatic rings. The topological polar surface area (TPSA) is 3.24 Å². The van der Waals surface area contributed by atoms with Gasteiger partial charge in [-0.15, -0.1) is 11.8 Å². The van der Waals surface area contributed by atoms with Crippen LogP contribution in [0.5, 0.6) is 0 Å². The summed E-state index contributed by atoms with van der Waals surface area (Å²) in [5.41, 5.74) is 7.76. The fraction of sp³-hybridized carbons (Fsp3) is 0.130. The van der Waals surface area contributed by atoms with E-state index in [1.165, 1.54) is 38.5 Å². The number of rotatable bonds is 3. The van der Waals surface area contributed by atoms with Gasteiger partial charge in [-0.1, -0.05) is 78.9 Å². The lowest BCUT2D eigenvalue weighted by Gasteiger charge is -2.26. The van der Waals surface area contributed by atoms with Gasteiger partial charge in [-0.25, -0.2) is 0 Å². The lowest BCUT2D eigenvalue weighted by atomic mass is 9.95. The summed E-state index contributed by atoms with van der Waals surface area (Å²) in [7, 11) is 0. The third-order valence-electron chi connectivity index (χ3n) is 4.80. The number of benzene rings is 3. The molecule has 0 radical (unpaired) electrons. The molecule has 25 heavy (non-hydrogen) atoms. The van der Waals surface area contributed by atoms with Crippen molar-refractivity contribution >= 4 is 17.4 Å². The standard InChI is InChI=1S/C23H21NS/c1-17-18(2)25-16-24(17)23-21(19-10-5-3-6-11-19)14-9-15-22(23)20-12-7-4-8-13-20/h3-15H,16H2,1-2H3. The van der Waals surface area contributed by atoms with Crippen molar-refractivity contribution in [2.24, 2.45) is 0 Å². The third kappa shape index (κ3) is 2.98. The van der Waals surface area contributed by atoms with Crippen LogP contribution in [0.1, 0.15) is 13.8 Å². The van der Waals surface area contributed by atoms with Gasteiger partial charge >= 0.3 is 0 Å². The van der Waals surface area contributed by atoms with Crippen LogP contribution >= 0.6 is 11.8 Å². The Kier molecular flexibility index (Phi) is 4.37. The van der Waals surface area contributed by atoms with E-state index in [1.807, 2.05) is 11.8 Å². The van der Waals surface area contributed by atoms with E-state index in [1.54, 1.807) is 0 Å². The van der Waals surface area contributed by atoms with Gasteiger partial charge in [0.15, 0.2) is 0 Å². The van der Waals surface area contributed by atoms with E-state index in [4.69, 9.17) is 0 Å². The summed E-state index contributed by atoms with van der Waals surface area (Å²) in [5, 5.41) is 0. The monoisotopic (exact) mass is 343 g/mol. The van der Waals surface area contributed by atoms with Gasteiger partial charge in [-0.2, -0.15) is 0 Å². The highest BCUT2D eigenvalue weighted by atomic mass is 32.2. The predicted molar refractivity (Wildman–Crippen MR) is 111 cm³/mol. The molecular weight excluding hydrogens is 322 g/mol. The first-order chi connectivity index (χ1) is 12.3. The van der Waals surface area contributed by atoms with Gasteiger partial charge in [0.05, 0.1) is 11.6 Å². The maximum atomic E-state index is 2.46. The molecule has 1 heterocycles. The molecule has 0 aliphatic carbocycles. The van der Waals surface area contributed by atoms with Gasteiger partial charge in [-0.05, 0) is 25.0 Å². The lowest BCUT2D eigenvalue weighted by Crippen LogP contribution is -2.18. The molecule has 124 valence electrons. The number of hydrogen-bond acceptors (Lipinski definition) is 2. The van der Waals surface area contributed by atoms with Crippen molar-refractivity contribution in [3.8, 4) is 22.3 Å². The lowest BCUT2D eigenvalue weighted by molar-refractivity contribution is 1.08. The van der Waals surface area contributed by atoms with Crippen LogP contribution in [0.15, 0.2) is 89.5 Å². The van der Waals surface area contributed by atoms with Gasteiger partial charge in [0.25, 0.3) is 0 Å². The van der Waals surface area contributed by atoms with E-state index >= 15 is 0 Å². The first-order valence-electron chi connectivity index (χ1n) is 8.57. The van der Waals surface area contributed by atoms with Crippen molar-refractivity contribution in [1.82, 2.24) is 0 Å². The molecule has 0 saturated heterocycles. The number of para-hydroxylation sites is 1. The van der Waals surface area contributed by atoms with Crippen LogP contribution in [0.3, 0.4) is 0 Å². The van der Waals surface area contributed by atoms with Crippen molar-refractivity contribution in [2.45, 2.75) is 13.8 Å². The Labute approximate surface area is 154 Å². The molecule has 2 heteroatoms. The van der Waals surface area contributed by atoms with Gasteiger partial charge in [-0.3, -0.25) is 0 Å². The highest BCUT2D eigenvalue weighted by Gasteiger charge is 2.24. The molecule has 0 saturated carbocycles. The Morgan fingerprint density at radius 3 is 1.64 bits per heavy atom. The Morgan fingerprint density at radius 1 is 0.680 bits per heavy atom. The van der Waals surface area contributed by atoms with Crippen LogP contribution < -0.4 is 4.90 Å². The molecule has 0 bridgehead atoms. The largest absolute Gasteiger partial charge is 0.334 e. The zero-order chi connectivity index (χ0) is 17.2. The summed E-state index contributed by atoms with van der Waals surface area (Å²) in [6.45, 7) is 4.44. The average molecular weight is 343 g/mol. The van der Waals surface area contributed by atoms with Gasteiger partial charge in [0, 0.05) is 21.7 Å². The number of thioether (sulfide) groups is 1. The number of hydrogen-bond donors (Lipinski definition) is 0. The van der Waals surface area contributed by atoms with E-state index in [0.29, 0.717) is 0 Å². The van der Waals surface area contributed by atoms with E-state index in [2.05, 4.69) is 97.6 Å². The van der Waals surface area contributed by atoms with Crippen LogP contribution in [0.25, 0.3) is 22.3 Å². The zero-order valence-corrected chi connectivity index (χ0v) is 15.4. The van der Waals surface area contributed by atoms with Crippen molar-refractivity contribution in [3.05, 3.63) is 89.5 Å². The van der Waals surface area contributed by atoms with E-state index < -0.39 is 0 Å². The van der Waals surface area contributed by atoms with E-state index in [-0.39, 0.29) is 0 Å². The van der Waals surface area contributed by atoms with Crippen molar-refractivity contribution in [1.29, 1.82) is 0 Å². The SMILES string of the molecule is CC1=C(C)N(c2c(-c3ccccc3)cccc2-c2ccccc2)CS1. The highest BCUT2D eigenvalue weighted by molar-refractivity contribution is 8.03. The molecule has 0 unspecified atom stereocenters. The summed E-state index contributed by atoms with van der Waals surface area (Å²) >= 11 is 1.92. The second-order valence-corrected chi connectivity index (χ2v) is 7.44. The Morgan fingerprint density at radius 2 is 1.20 bits per heavy atom. The molecule has 0 atom stereocenters. The summed E-state index contributed by atoms with van der Waals surface area (Å²) in [6, 6.07) is 28.0. The molecule has 3 aromatic carbocycles. The second-order valence-electron chi connectivity index (χ2n) is 6.28. The van der Waals surface area contributed by atoms with Crippen molar-refractivity contribution in [3.63, 3.8) is 0 Å². The molecule has 0 spiro atoms. The summed E-state index contributed by atoms with van der Waals surface area (Å²) in [4.78, 5) is 3.87.